The highest BCUT2D eigenvalue weighted by molar-refractivity contribution is 5.79. The molecule has 90 valence electrons. The third-order valence-electron chi connectivity index (χ3n) is 3.12. The lowest BCUT2D eigenvalue weighted by Crippen LogP contribution is -2.40. The number of carbonyl (C=O) groups excluding carboxylic acids is 1. The van der Waals surface area contributed by atoms with E-state index in [1.807, 2.05) is 0 Å². The number of hydrogen-bond acceptors (Lipinski definition) is 4. The van der Waals surface area contributed by atoms with Crippen LogP contribution in [0.25, 0.3) is 0 Å². The highest BCUT2D eigenvalue weighted by atomic mass is 16.5. The van der Waals surface area contributed by atoms with E-state index in [4.69, 9.17) is 10.00 Å². The molecule has 0 spiro atoms. The van der Waals surface area contributed by atoms with Crippen LogP contribution in [0.2, 0.25) is 0 Å². The summed E-state index contributed by atoms with van der Waals surface area (Å²) in [6.07, 6.45) is 3.82. The fourth-order valence-corrected chi connectivity index (χ4v) is 2.17. The van der Waals surface area contributed by atoms with E-state index in [9.17, 15) is 4.79 Å². The molecule has 4 heteroatoms. The zero-order valence-corrected chi connectivity index (χ0v) is 9.95. The smallest absolute Gasteiger partial charge is 0.133 e. The summed E-state index contributed by atoms with van der Waals surface area (Å²) in [4.78, 5) is 13.5. The first-order chi connectivity index (χ1) is 7.77. The molecule has 0 aromatic rings. The first-order valence-corrected chi connectivity index (χ1v) is 5.89. The first kappa shape index (κ1) is 13.1. The molecule has 0 radical (unpaired) electrons. The Morgan fingerprint density at radius 1 is 1.44 bits per heavy atom. The van der Waals surface area contributed by atoms with Crippen LogP contribution in [0.3, 0.4) is 0 Å². The highest BCUT2D eigenvalue weighted by Crippen LogP contribution is 2.20. The summed E-state index contributed by atoms with van der Waals surface area (Å²) in [5.74, 6) is 0.378. The largest absolute Gasteiger partial charge is 0.383 e. The van der Waals surface area contributed by atoms with Crippen molar-refractivity contribution in [3.8, 4) is 6.07 Å². The second kappa shape index (κ2) is 7.37. The Morgan fingerprint density at radius 2 is 2.12 bits per heavy atom. The van der Waals surface area contributed by atoms with Gasteiger partial charge in [0.1, 0.15) is 5.78 Å². The lowest BCUT2D eigenvalue weighted by atomic mass is 9.93. The van der Waals surface area contributed by atoms with E-state index in [0.29, 0.717) is 37.7 Å². The number of nitriles is 1. The second-order valence-corrected chi connectivity index (χ2v) is 4.21. The first-order valence-electron chi connectivity index (χ1n) is 5.89. The quantitative estimate of drug-likeness (QED) is 0.683. The predicted molar refractivity (Wildman–Crippen MR) is 60.9 cm³/mol. The summed E-state index contributed by atoms with van der Waals surface area (Å²) in [6.45, 7) is 2.34. The number of ether oxygens (including phenoxy) is 1. The van der Waals surface area contributed by atoms with Crippen LogP contribution in [0.5, 0.6) is 0 Å². The third kappa shape index (κ3) is 4.30. The van der Waals surface area contributed by atoms with Crippen LogP contribution in [0, 0.1) is 11.3 Å². The maximum absolute atomic E-state index is 11.2. The summed E-state index contributed by atoms with van der Waals surface area (Å²) in [6, 6.07) is 2.63. The Labute approximate surface area is 97.2 Å². The topological polar surface area (TPSA) is 53.3 Å². The number of Topliss-reactive ketones (excluding diaryl/α,β-unsaturated/α-hetero) is 1. The molecular weight excluding hydrogens is 204 g/mol. The van der Waals surface area contributed by atoms with Gasteiger partial charge in [0.25, 0.3) is 0 Å². The molecule has 0 N–H and O–H groups in total. The van der Waals surface area contributed by atoms with E-state index in [1.165, 1.54) is 0 Å². The Hall–Kier alpha value is -0.920. The molecule has 0 amide bonds. The lowest BCUT2D eigenvalue weighted by molar-refractivity contribution is -0.121. The Kier molecular flexibility index (Phi) is 6.05. The van der Waals surface area contributed by atoms with Crippen LogP contribution in [0.15, 0.2) is 0 Å². The van der Waals surface area contributed by atoms with Crippen molar-refractivity contribution in [1.82, 2.24) is 4.90 Å². The molecule has 16 heavy (non-hydrogen) atoms. The molecule has 1 aliphatic rings. The summed E-state index contributed by atoms with van der Waals surface area (Å²) < 4.78 is 5.07. The van der Waals surface area contributed by atoms with Crippen LogP contribution >= 0.6 is 0 Å². The molecule has 1 fully saturated rings. The number of carbonyl (C=O) groups is 1. The van der Waals surface area contributed by atoms with E-state index >= 15 is 0 Å². The van der Waals surface area contributed by atoms with Crippen LogP contribution in [-0.4, -0.2) is 43.5 Å². The summed E-state index contributed by atoms with van der Waals surface area (Å²) >= 11 is 0. The normalized spacial score (nSPS) is 17.7. The SMILES string of the molecule is COCCN(CCC#N)C1CCC(=O)CC1. The van der Waals surface area contributed by atoms with Crippen molar-refractivity contribution in [2.75, 3.05) is 26.8 Å². The summed E-state index contributed by atoms with van der Waals surface area (Å²) in [7, 11) is 1.69. The zero-order chi connectivity index (χ0) is 11.8. The van der Waals surface area contributed by atoms with Crippen LogP contribution in [0.1, 0.15) is 32.1 Å². The van der Waals surface area contributed by atoms with Crippen molar-refractivity contribution in [3.05, 3.63) is 0 Å². The second-order valence-electron chi connectivity index (χ2n) is 4.21. The highest BCUT2D eigenvalue weighted by Gasteiger charge is 2.23. The zero-order valence-electron chi connectivity index (χ0n) is 9.95. The number of methoxy groups -OCH3 is 1. The predicted octanol–water partition coefficient (Wildman–Crippen LogP) is 1.36. The van der Waals surface area contributed by atoms with Gasteiger partial charge < -0.3 is 4.74 Å². The van der Waals surface area contributed by atoms with Gasteiger partial charge in [-0.25, -0.2) is 0 Å². The van der Waals surface area contributed by atoms with Crippen molar-refractivity contribution < 1.29 is 9.53 Å². The van der Waals surface area contributed by atoms with Crippen molar-refractivity contribution in [2.24, 2.45) is 0 Å². The van der Waals surface area contributed by atoms with Crippen LogP contribution in [-0.2, 0) is 9.53 Å². The van der Waals surface area contributed by atoms with E-state index < -0.39 is 0 Å². The Morgan fingerprint density at radius 3 is 2.69 bits per heavy atom. The van der Waals surface area contributed by atoms with Gasteiger partial charge in [0.15, 0.2) is 0 Å². The molecule has 0 bridgehead atoms. The maximum Gasteiger partial charge on any atom is 0.133 e. The van der Waals surface area contributed by atoms with Gasteiger partial charge in [-0.1, -0.05) is 0 Å². The molecule has 0 saturated heterocycles. The Bertz CT molecular complexity index is 250. The number of hydrogen-bond donors (Lipinski definition) is 0. The van der Waals surface area contributed by atoms with E-state index in [2.05, 4.69) is 11.0 Å². The molecule has 0 aromatic heterocycles. The summed E-state index contributed by atoms with van der Waals surface area (Å²) in [5.41, 5.74) is 0. The molecule has 0 atom stereocenters. The van der Waals surface area contributed by atoms with E-state index in [1.54, 1.807) is 7.11 Å². The standard InChI is InChI=1S/C12H20N2O2/c1-16-10-9-14(8-2-7-13)11-3-5-12(15)6-4-11/h11H,2-6,8-10H2,1H3. The third-order valence-corrected chi connectivity index (χ3v) is 3.12. The maximum atomic E-state index is 11.2. The molecule has 1 rings (SSSR count). The Balaban J connectivity index is 2.40. The monoisotopic (exact) mass is 224 g/mol. The molecule has 1 saturated carbocycles. The van der Waals surface area contributed by atoms with Crippen LogP contribution in [0.4, 0.5) is 0 Å². The van der Waals surface area contributed by atoms with Crippen LogP contribution < -0.4 is 0 Å². The van der Waals surface area contributed by atoms with Gasteiger partial charge in [-0.2, -0.15) is 5.26 Å². The number of nitrogens with zero attached hydrogens (tertiary/aromatic N) is 2. The molecule has 0 aliphatic heterocycles. The minimum Gasteiger partial charge on any atom is -0.383 e. The van der Waals surface area contributed by atoms with E-state index in [-0.39, 0.29) is 0 Å². The van der Waals surface area contributed by atoms with Gasteiger partial charge in [0.2, 0.25) is 0 Å². The lowest BCUT2D eigenvalue weighted by Gasteiger charge is -2.33. The average Bonchev–Trinajstić information content (AvgIpc) is 2.31. The van der Waals surface area contributed by atoms with Gasteiger partial charge in [0.05, 0.1) is 12.7 Å². The van der Waals surface area contributed by atoms with Gasteiger partial charge in [0, 0.05) is 45.5 Å². The van der Waals surface area contributed by atoms with Crippen molar-refractivity contribution in [2.45, 2.75) is 38.1 Å². The van der Waals surface area contributed by atoms with Crippen molar-refractivity contribution in [3.63, 3.8) is 0 Å². The minimum absolute atomic E-state index is 0.378. The molecule has 1 aliphatic carbocycles. The van der Waals surface area contributed by atoms with Gasteiger partial charge >= 0.3 is 0 Å². The molecule has 0 aromatic carbocycles. The minimum atomic E-state index is 0.378. The van der Waals surface area contributed by atoms with Gasteiger partial charge in [-0.05, 0) is 12.8 Å². The molecule has 0 unspecified atom stereocenters. The van der Waals surface area contributed by atoms with Gasteiger partial charge in [-0.3, -0.25) is 9.69 Å². The van der Waals surface area contributed by atoms with Crippen molar-refractivity contribution >= 4 is 5.78 Å². The molecular formula is C12H20N2O2. The molecule has 4 nitrogen and oxygen atoms in total. The average molecular weight is 224 g/mol. The number of ketones is 1. The molecule has 0 heterocycles. The van der Waals surface area contributed by atoms with Crippen molar-refractivity contribution in [1.29, 1.82) is 5.26 Å². The fraction of sp³-hybridized carbons (Fsp3) is 0.833. The van der Waals surface area contributed by atoms with Gasteiger partial charge in [-0.15, -0.1) is 0 Å². The number of rotatable bonds is 6. The van der Waals surface area contributed by atoms with E-state index in [0.717, 1.165) is 25.9 Å². The fourth-order valence-electron chi connectivity index (χ4n) is 2.17. The summed E-state index contributed by atoms with van der Waals surface area (Å²) in [5, 5.41) is 8.62.